The summed E-state index contributed by atoms with van der Waals surface area (Å²) in [7, 11) is 0. The van der Waals surface area contributed by atoms with Crippen LogP contribution >= 0.6 is 0 Å². The van der Waals surface area contributed by atoms with Crippen molar-refractivity contribution in [2.24, 2.45) is 11.5 Å². The topological polar surface area (TPSA) is 78.3 Å². The molecule has 104 valence electrons. The maximum absolute atomic E-state index is 11.7. The van der Waals surface area contributed by atoms with Gasteiger partial charge in [0.2, 0.25) is 5.91 Å². The summed E-state index contributed by atoms with van der Waals surface area (Å²) in [5.41, 5.74) is 11.3. The van der Waals surface area contributed by atoms with Crippen LogP contribution in [-0.4, -0.2) is 18.6 Å². The van der Waals surface area contributed by atoms with Crippen molar-refractivity contribution in [3.63, 3.8) is 0 Å². The first-order chi connectivity index (χ1) is 9.13. The molecule has 1 fully saturated rings. The zero-order chi connectivity index (χ0) is 13.7. The minimum Gasteiger partial charge on any atom is -0.378 e. The molecule has 0 heterocycles. The molecule has 0 aliphatic heterocycles. The summed E-state index contributed by atoms with van der Waals surface area (Å²) in [6.45, 7) is 0.471. The van der Waals surface area contributed by atoms with Gasteiger partial charge in [0.25, 0.3) is 0 Å². The third kappa shape index (κ3) is 3.33. The van der Waals surface area contributed by atoms with Gasteiger partial charge in [0.1, 0.15) is 5.54 Å². The Kier molecular flexibility index (Phi) is 4.56. The zero-order valence-electron chi connectivity index (χ0n) is 11.2. The molecule has 1 unspecified atom stereocenters. The molecule has 1 aliphatic carbocycles. The van der Waals surface area contributed by atoms with Crippen molar-refractivity contribution >= 4 is 5.91 Å². The standard InChI is InChI=1S/C15H22N2O2/c16-14(18)15(17,12-6-2-1-3-7-12)10-11-19-13-8-4-5-9-13/h1-3,6-7,13H,4-5,8-11,17H2,(H2,16,18). The number of benzene rings is 1. The van der Waals surface area contributed by atoms with E-state index in [4.69, 9.17) is 16.2 Å². The Hall–Kier alpha value is -1.39. The van der Waals surface area contributed by atoms with Crippen LogP contribution in [0.25, 0.3) is 0 Å². The number of carbonyl (C=O) groups excluding carboxylic acids is 1. The zero-order valence-corrected chi connectivity index (χ0v) is 11.2. The van der Waals surface area contributed by atoms with Crippen molar-refractivity contribution < 1.29 is 9.53 Å². The van der Waals surface area contributed by atoms with Gasteiger partial charge in [-0.2, -0.15) is 0 Å². The van der Waals surface area contributed by atoms with Crippen LogP contribution in [-0.2, 0) is 15.1 Å². The van der Waals surface area contributed by atoms with Crippen molar-refractivity contribution in [3.8, 4) is 0 Å². The average Bonchev–Trinajstić information content (AvgIpc) is 2.92. The average molecular weight is 262 g/mol. The highest BCUT2D eigenvalue weighted by atomic mass is 16.5. The number of rotatable bonds is 6. The number of hydrogen-bond donors (Lipinski definition) is 2. The lowest BCUT2D eigenvalue weighted by molar-refractivity contribution is -0.124. The van der Waals surface area contributed by atoms with Gasteiger partial charge in [0.15, 0.2) is 0 Å². The normalized spacial score (nSPS) is 19.2. The highest BCUT2D eigenvalue weighted by molar-refractivity contribution is 5.85. The van der Waals surface area contributed by atoms with Crippen LogP contribution in [0.1, 0.15) is 37.7 Å². The van der Waals surface area contributed by atoms with Gasteiger partial charge < -0.3 is 16.2 Å². The van der Waals surface area contributed by atoms with E-state index in [1.54, 1.807) is 0 Å². The molecular weight excluding hydrogens is 240 g/mol. The van der Waals surface area contributed by atoms with Gasteiger partial charge in [0.05, 0.1) is 6.10 Å². The van der Waals surface area contributed by atoms with Gasteiger partial charge in [0, 0.05) is 13.0 Å². The molecule has 0 aromatic heterocycles. The van der Waals surface area contributed by atoms with E-state index in [2.05, 4.69) is 0 Å². The van der Waals surface area contributed by atoms with Gasteiger partial charge in [-0.15, -0.1) is 0 Å². The number of carbonyl (C=O) groups is 1. The van der Waals surface area contributed by atoms with Gasteiger partial charge in [-0.05, 0) is 18.4 Å². The second-order valence-electron chi connectivity index (χ2n) is 5.23. The number of amides is 1. The summed E-state index contributed by atoms with van der Waals surface area (Å²) in [5.74, 6) is -0.506. The van der Waals surface area contributed by atoms with Crippen molar-refractivity contribution in [1.82, 2.24) is 0 Å². The van der Waals surface area contributed by atoms with Gasteiger partial charge in [-0.25, -0.2) is 0 Å². The molecule has 2 rings (SSSR count). The van der Waals surface area contributed by atoms with Gasteiger partial charge in [-0.1, -0.05) is 43.2 Å². The van der Waals surface area contributed by atoms with E-state index in [9.17, 15) is 4.79 Å². The van der Waals surface area contributed by atoms with Crippen LogP contribution in [0.5, 0.6) is 0 Å². The van der Waals surface area contributed by atoms with Crippen LogP contribution in [0.4, 0.5) is 0 Å². The Morgan fingerprint density at radius 2 is 1.89 bits per heavy atom. The van der Waals surface area contributed by atoms with E-state index in [0.717, 1.165) is 18.4 Å². The highest BCUT2D eigenvalue weighted by Crippen LogP contribution is 2.25. The quantitative estimate of drug-likeness (QED) is 0.818. The molecule has 1 aliphatic rings. The molecule has 0 saturated heterocycles. The van der Waals surface area contributed by atoms with E-state index >= 15 is 0 Å². The summed E-state index contributed by atoms with van der Waals surface area (Å²) in [5, 5.41) is 0. The van der Waals surface area contributed by atoms with E-state index in [0.29, 0.717) is 19.1 Å². The lowest BCUT2D eigenvalue weighted by atomic mass is 9.87. The Morgan fingerprint density at radius 3 is 2.47 bits per heavy atom. The molecule has 0 bridgehead atoms. The Balaban J connectivity index is 1.97. The predicted octanol–water partition coefficient (Wildman–Crippen LogP) is 1.68. The maximum Gasteiger partial charge on any atom is 0.242 e. The largest absolute Gasteiger partial charge is 0.378 e. The summed E-state index contributed by atoms with van der Waals surface area (Å²) >= 11 is 0. The fourth-order valence-electron chi connectivity index (χ4n) is 2.59. The fraction of sp³-hybridized carbons (Fsp3) is 0.533. The smallest absolute Gasteiger partial charge is 0.242 e. The SMILES string of the molecule is NC(=O)C(N)(CCOC1CCCC1)c1ccccc1. The second kappa shape index (κ2) is 6.17. The minimum atomic E-state index is -1.14. The predicted molar refractivity (Wildman–Crippen MR) is 74.3 cm³/mol. The molecule has 4 N–H and O–H groups in total. The summed E-state index contributed by atoms with van der Waals surface area (Å²) in [6.07, 6.45) is 5.43. The number of primary amides is 1. The molecule has 4 nitrogen and oxygen atoms in total. The van der Waals surface area contributed by atoms with Gasteiger partial charge >= 0.3 is 0 Å². The van der Waals surface area contributed by atoms with Gasteiger partial charge in [-0.3, -0.25) is 4.79 Å². The molecule has 1 aromatic carbocycles. The summed E-state index contributed by atoms with van der Waals surface area (Å²) < 4.78 is 5.78. The monoisotopic (exact) mass is 262 g/mol. The van der Waals surface area contributed by atoms with Crippen molar-refractivity contribution in [2.75, 3.05) is 6.61 Å². The number of hydrogen-bond acceptors (Lipinski definition) is 3. The number of nitrogens with two attached hydrogens (primary N) is 2. The molecule has 1 aromatic rings. The summed E-state index contributed by atoms with van der Waals surface area (Å²) in [6, 6.07) is 9.27. The van der Waals surface area contributed by atoms with Crippen molar-refractivity contribution in [1.29, 1.82) is 0 Å². The maximum atomic E-state index is 11.7. The molecule has 0 radical (unpaired) electrons. The lowest BCUT2D eigenvalue weighted by Gasteiger charge is -2.27. The minimum absolute atomic E-state index is 0.327. The molecule has 4 heteroatoms. The third-order valence-electron chi connectivity index (χ3n) is 3.88. The van der Waals surface area contributed by atoms with Crippen LogP contribution < -0.4 is 11.5 Å². The first-order valence-corrected chi connectivity index (χ1v) is 6.89. The van der Waals surface area contributed by atoms with Crippen LogP contribution in [0.3, 0.4) is 0 Å². The Morgan fingerprint density at radius 1 is 1.26 bits per heavy atom. The third-order valence-corrected chi connectivity index (χ3v) is 3.88. The molecular formula is C15H22N2O2. The van der Waals surface area contributed by atoms with E-state index < -0.39 is 11.4 Å². The van der Waals surface area contributed by atoms with E-state index in [1.165, 1.54) is 12.8 Å². The van der Waals surface area contributed by atoms with Crippen LogP contribution in [0.2, 0.25) is 0 Å². The second-order valence-corrected chi connectivity index (χ2v) is 5.23. The van der Waals surface area contributed by atoms with E-state index in [-0.39, 0.29) is 0 Å². The van der Waals surface area contributed by atoms with Crippen molar-refractivity contribution in [2.45, 2.75) is 43.7 Å². The molecule has 1 saturated carbocycles. The fourth-order valence-corrected chi connectivity index (χ4v) is 2.59. The van der Waals surface area contributed by atoms with Crippen LogP contribution in [0.15, 0.2) is 30.3 Å². The highest BCUT2D eigenvalue weighted by Gasteiger charge is 2.34. The van der Waals surface area contributed by atoms with Crippen molar-refractivity contribution in [3.05, 3.63) is 35.9 Å². The molecule has 1 atom stereocenters. The Bertz CT molecular complexity index is 415. The molecule has 1 amide bonds. The first-order valence-electron chi connectivity index (χ1n) is 6.89. The Labute approximate surface area is 114 Å². The summed E-state index contributed by atoms with van der Waals surface area (Å²) in [4.78, 5) is 11.7. The van der Waals surface area contributed by atoms with E-state index in [1.807, 2.05) is 30.3 Å². The molecule has 19 heavy (non-hydrogen) atoms. The van der Waals surface area contributed by atoms with Crippen LogP contribution in [0, 0.1) is 0 Å². The molecule has 0 spiro atoms. The number of ether oxygens (including phenoxy) is 1. The lowest BCUT2D eigenvalue weighted by Crippen LogP contribution is -2.50. The first kappa shape index (κ1) is 14.0.